The van der Waals surface area contributed by atoms with Crippen LogP contribution in [0.1, 0.15) is 25.3 Å². The molecule has 0 spiro atoms. The first-order valence-corrected chi connectivity index (χ1v) is 6.10. The van der Waals surface area contributed by atoms with Crippen molar-refractivity contribution < 1.29 is 0 Å². The number of aromatic nitrogens is 2. The van der Waals surface area contributed by atoms with Gasteiger partial charge in [-0.2, -0.15) is 5.10 Å². The summed E-state index contributed by atoms with van der Waals surface area (Å²) in [5, 5.41) is 4.20. The van der Waals surface area contributed by atoms with Gasteiger partial charge < -0.3 is 5.73 Å². The summed E-state index contributed by atoms with van der Waals surface area (Å²) in [6, 6.07) is 0.316. The summed E-state index contributed by atoms with van der Waals surface area (Å²) in [7, 11) is 1.96. The lowest BCUT2D eigenvalue weighted by Gasteiger charge is -2.34. The lowest BCUT2D eigenvalue weighted by Crippen LogP contribution is -2.41. The molecule has 98 valence electrons. The van der Waals surface area contributed by atoms with Crippen molar-refractivity contribution in [2.75, 3.05) is 13.1 Å². The van der Waals surface area contributed by atoms with Crippen LogP contribution in [0.3, 0.4) is 0 Å². The molecule has 4 nitrogen and oxygen atoms in total. The van der Waals surface area contributed by atoms with Crippen LogP contribution in [0.25, 0.3) is 0 Å². The highest BCUT2D eigenvalue weighted by molar-refractivity contribution is 5.85. The van der Waals surface area contributed by atoms with Crippen molar-refractivity contribution >= 4 is 12.4 Å². The molecule has 0 aromatic carbocycles. The van der Waals surface area contributed by atoms with Crippen molar-refractivity contribution in [3.63, 3.8) is 0 Å². The van der Waals surface area contributed by atoms with Crippen molar-refractivity contribution in [1.29, 1.82) is 0 Å². The van der Waals surface area contributed by atoms with Gasteiger partial charge in [0, 0.05) is 37.9 Å². The van der Waals surface area contributed by atoms with Crippen LogP contribution in [0.15, 0.2) is 12.4 Å². The first-order chi connectivity index (χ1) is 7.65. The maximum absolute atomic E-state index is 5.98. The van der Waals surface area contributed by atoms with Crippen LogP contribution >= 0.6 is 12.4 Å². The average molecular weight is 259 g/mol. The molecule has 0 aliphatic carbocycles. The second-order valence-electron chi connectivity index (χ2n) is 5.02. The van der Waals surface area contributed by atoms with Crippen LogP contribution in [0.2, 0.25) is 0 Å². The predicted molar refractivity (Wildman–Crippen MR) is 72.1 cm³/mol. The summed E-state index contributed by atoms with van der Waals surface area (Å²) in [6.45, 7) is 5.46. The van der Waals surface area contributed by atoms with E-state index in [1.807, 2.05) is 17.9 Å². The lowest BCUT2D eigenvalue weighted by atomic mass is 9.92. The highest BCUT2D eigenvalue weighted by Gasteiger charge is 2.22. The van der Waals surface area contributed by atoms with E-state index in [1.165, 1.54) is 24.9 Å². The van der Waals surface area contributed by atoms with Crippen molar-refractivity contribution in [2.24, 2.45) is 18.7 Å². The van der Waals surface area contributed by atoms with Gasteiger partial charge in [-0.1, -0.05) is 0 Å². The van der Waals surface area contributed by atoms with Crippen molar-refractivity contribution in [1.82, 2.24) is 14.7 Å². The molecule has 1 aromatic rings. The lowest BCUT2D eigenvalue weighted by molar-refractivity contribution is 0.154. The molecule has 0 amide bonds. The maximum Gasteiger partial charge on any atom is 0.0534 e. The third-order valence-electron chi connectivity index (χ3n) is 3.45. The molecule has 1 saturated heterocycles. The first-order valence-electron chi connectivity index (χ1n) is 6.10. The smallest absolute Gasteiger partial charge is 0.0534 e. The summed E-state index contributed by atoms with van der Waals surface area (Å²) in [5.41, 5.74) is 7.28. The molecule has 1 aromatic heterocycles. The van der Waals surface area contributed by atoms with E-state index in [0.717, 1.165) is 13.1 Å². The second-order valence-corrected chi connectivity index (χ2v) is 5.02. The van der Waals surface area contributed by atoms with Crippen LogP contribution in [0.4, 0.5) is 0 Å². The van der Waals surface area contributed by atoms with Crippen LogP contribution in [-0.2, 0) is 13.6 Å². The van der Waals surface area contributed by atoms with E-state index >= 15 is 0 Å². The number of aryl methyl sites for hydroxylation is 1. The molecular weight excluding hydrogens is 236 g/mol. The first kappa shape index (κ1) is 14.5. The fourth-order valence-electron chi connectivity index (χ4n) is 2.48. The molecule has 2 rings (SSSR count). The fraction of sp³-hybridized carbons (Fsp3) is 0.750. The molecule has 2 atom stereocenters. The zero-order valence-electron chi connectivity index (χ0n) is 10.7. The summed E-state index contributed by atoms with van der Waals surface area (Å²) < 4.78 is 1.86. The van der Waals surface area contributed by atoms with E-state index in [-0.39, 0.29) is 12.4 Å². The van der Waals surface area contributed by atoms with E-state index in [0.29, 0.717) is 12.0 Å². The largest absolute Gasteiger partial charge is 0.328 e. The molecule has 17 heavy (non-hydrogen) atoms. The highest BCUT2D eigenvalue weighted by atomic mass is 35.5. The number of hydrogen-bond donors (Lipinski definition) is 1. The molecule has 1 fully saturated rings. The van der Waals surface area contributed by atoms with Crippen molar-refractivity contribution in [2.45, 2.75) is 32.4 Å². The van der Waals surface area contributed by atoms with Gasteiger partial charge in [0.25, 0.3) is 0 Å². The monoisotopic (exact) mass is 258 g/mol. The number of hydrogen-bond acceptors (Lipinski definition) is 3. The van der Waals surface area contributed by atoms with Crippen molar-refractivity contribution in [3.8, 4) is 0 Å². The molecular formula is C12H23ClN4. The van der Waals surface area contributed by atoms with Crippen molar-refractivity contribution in [3.05, 3.63) is 18.0 Å². The Kier molecular flexibility index (Phi) is 5.43. The van der Waals surface area contributed by atoms with Gasteiger partial charge >= 0.3 is 0 Å². The van der Waals surface area contributed by atoms with E-state index in [2.05, 4.69) is 23.1 Å². The highest BCUT2D eigenvalue weighted by Crippen LogP contribution is 2.20. The normalized spacial score (nSPS) is 23.1. The molecule has 2 N–H and O–H groups in total. The summed E-state index contributed by atoms with van der Waals surface area (Å²) in [6.07, 6.45) is 6.60. The number of halogens is 1. The predicted octanol–water partition coefficient (Wildman–Crippen LogP) is 1.40. The van der Waals surface area contributed by atoms with Crippen LogP contribution in [0.5, 0.6) is 0 Å². The number of piperidine rings is 1. The molecule has 0 saturated carbocycles. The Morgan fingerprint density at radius 2 is 2.35 bits per heavy atom. The minimum absolute atomic E-state index is 0. The number of nitrogens with zero attached hydrogens (tertiary/aromatic N) is 3. The van der Waals surface area contributed by atoms with Crippen LogP contribution in [0, 0.1) is 5.92 Å². The van der Waals surface area contributed by atoms with Gasteiger partial charge in [-0.3, -0.25) is 9.58 Å². The van der Waals surface area contributed by atoms with E-state index in [9.17, 15) is 0 Å². The SMILES string of the molecule is CC(N)C1CCCN(Cc2cnn(C)c2)C1.Cl. The van der Waals surface area contributed by atoms with Crippen LogP contribution in [-0.4, -0.2) is 33.8 Å². The Morgan fingerprint density at radius 3 is 2.94 bits per heavy atom. The van der Waals surface area contributed by atoms with Gasteiger partial charge in [0.05, 0.1) is 6.20 Å². The van der Waals surface area contributed by atoms with E-state index < -0.39 is 0 Å². The van der Waals surface area contributed by atoms with E-state index in [4.69, 9.17) is 5.73 Å². The Labute approximate surface area is 110 Å². The quantitative estimate of drug-likeness (QED) is 0.892. The summed E-state index contributed by atoms with van der Waals surface area (Å²) >= 11 is 0. The second kappa shape index (κ2) is 6.38. The van der Waals surface area contributed by atoms with Gasteiger partial charge in [-0.25, -0.2) is 0 Å². The maximum atomic E-state index is 5.98. The Morgan fingerprint density at radius 1 is 1.59 bits per heavy atom. The Bertz CT molecular complexity index is 337. The zero-order valence-corrected chi connectivity index (χ0v) is 11.5. The van der Waals surface area contributed by atoms with Gasteiger partial charge in [-0.15, -0.1) is 12.4 Å². The number of rotatable bonds is 3. The third-order valence-corrected chi connectivity index (χ3v) is 3.45. The van der Waals surface area contributed by atoms with Crippen LogP contribution < -0.4 is 5.73 Å². The van der Waals surface area contributed by atoms with Gasteiger partial charge in [0.2, 0.25) is 0 Å². The molecule has 0 radical (unpaired) electrons. The van der Waals surface area contributed by atoms with Gasteiger partial charge in [-0.05, 0) is 32.2 Å². The Hall–Kier alpha value is -0.580. The van der Waals surface area contributed by atoms with Gasteiger partial charge in [0.15, 0.2) is 0 Å². The standard InChI is InChI=1S/C12H22N4.ClH/c1-10(13)12-4-3-5-16(9-12)8-11-6-14-15(2)7-11;/h6-7,10,12H,3-5,8-9,13H2,1-2H3;1H. The zero-order chi connectivity index (χ0) is 11.5. The molecule has 1 aliphatic heterocycles. The summed E-state index contributed by atoms with van der Waals surface area (Å²) in [4.78, 5) is 2.49. The Balaban J connectivity index is 0.00000144. The fourth-order valence-corrected chi connectivity index (χ4v) is 2.48. The molecule has 2 heterocycles. The minimum Gasteiger partial charge on any atom is -0.328 e. The average Bonchev–Trinajstić information content (AvgIpc) is 2.64. The molecule has 2 unspecified atom stereocenters. The number of likely N-dealkylation sites (tertiary alicyclic amines) is 1. The molecule has 5 heteroatoms. The summed E-state index contributed by atoms with van der Waals surface area (Å²) in [5.74, 6) is 0.658. The number of nitrogens with two attached hydrogens (primary N) is 1. The topological polar surface area (TPSA) is 47.1 Å². The molecule has 0 bridgehead atoms. The minimum atomic E-state index is 0. The third kappa shape index (κ3) is 3.98. The van der Waals surface area contributed by atoms with E-state index in [1.54, 1.807) is 0 Å². The van der Waals surface area contributed by atoms with Gasteiger partial charge in [0.1, 0.15) is 0 Å². The molecule has 1 aliphatic rings.